The Morgan fingerprint density at radius 1 is 1.30 bits per heavy atom. The van der Waals surface area contributed by atoms with Gasteiger partial charge in [0.25, 0.3) is 0 Å². The molecule has 1 aliphatic rings. The third-order valence-electron chi connectivity index (χ3n) is 5.79. The van der Waals surface area contributed by atoms with Crippen molar-refractivity contribution in [3.05, 3.63) is 69.9 Å². The highest BCUT2D eigenvalue weighted by molar-refractivity contribution is 7.13. The van der Waals surface area contributed by atoms with Gasteiger partial charge in [-0.2, -0.15) is 0 Å². The summed E-state index contributed by atoms with van der Waals surface area (Å²) in [6.45, 7) is 2.64. The molecular weight excluding hydrogens is 434 g/mol. The van der Waals surface area contributed by atoms with Gasteiger partial charge in [0.15, 0.2) is 0 Å². The number of likely N-dealkylation sites (tertiary alicyclic amines) is 1. The van der Waals surface area contributed by atoms with E-state index >= 15 is 0 Å². The molecule has 0 unspecified atom stereocenters. The molecule has 5 nitrogen and oxygen atoms in total. The summed E-state index contributed by atoms with van der Waals surface area (Å²) in [4.78, 5) is 27.6. The molecule has 174 valence electrons. The van der Waals surface area contributed by atoms with E-state index in [0.29, 0.717) is 24.3 Å². The van der Waals surface area contributed by atoms with Gasteiger partial charge < -0.3 is 14.7 Å². The van der Waals surface area contributed by atoms with E-state index in [1.165, 1.54) is 18.4 Å². The Bertz CT molecular complexity index is 1020. The summed E-state index contributed by atoms with van der Waals surface area (Å²) in [6.07, 6.45) is 6.72. The number of methoxy groups -OCH3 is 1. The summed E-state index contributed by atoms with van der Waals surface area (Å²) in [5, 5.41) is 10.5. The number of benzene rings is 1. The van der Waals surface area contributed by atoms with Crippen LogP contribution in [0.5, 0.6) is 0 Å². The van der Waals surface area contributed by atoms with E-state index in [-0.39, 0.29) is 23.8 Å². The van der Waals surface area contributed by atoms with E-state index in [1.807, 2.05) is 60.4 Å². The van der Waals surface area contributed by atoms with Gasteiger partial charge in [-0.1, -0.05) is 49.1 Å². The van der Waals surface area contributed by atoms with Crippen LogP contribution >= 0.6 is 11.3 Å². The summed E-state index contributed by atoms with van der Waals surface area (Å²) in [5.41, 5.74) is 0.971. The fourth-order valence-corrected chi connectivity index (χ4v) is 4.75. The van der Waals surface area contributed by atoms with E-state index < -0.39 is 6.10 Å². The number of aliphatic hydroxyl groups is 1. The molecule has 1 saturated heterocycles. The lowest BCUT2D eigenvalue weighted by Gasteiger charge is -2.23. The number of hydrogen-bond acceptors (Lipinski definition) is 5. The van der Waals surface area contributed by atoms with Crippen LogP contribution in [-0.2, 0) is 16.0 Å². The van der Waals surface area contributed by atoms with Crippen LogP contribution in [0.3, 0.4) is 0 Å². The van der Waals surface area contributed by atoms with Crippen LogP contribution in [0, 0.1) is 17.8 Å². The van der Waals surface area contributed by atoms with Crippen molar-refractivity contribution in [3.8, 4) is 11.8 Å². The molecule has 3 rings (SSSR count). The van der Waals surface area contributed by atoms with Crippen LogP contribution in [-0.4, -0.2) is 47.7 Å². The molecular formula is C27H31NO4S. The van der Waals surface area contributed by atoms with Gasteiger partial charge in [-0.05, 0) is 49.4 Å². The van der Waals surface area contributed by atoms with Gasteiger partial charge in [-0.25, -0.2) is 4.79 Å². The van der Waals surface area contributed by atoms with E-state index in [9.17, 15) is 14.7 Å². The first kappa shape index (κ1) is 24.8. The van der Waals surface area contributed by atoms with Crippen LogP contribution < -0.4 is 0 Å². The first-order valence-electron chi connectivity index (χ1n) is 11.3. The maximum atomic E-state index is 12.4. The zero-order valence-corrected chi connectivity index (χ0v) is 20.0. The normalized spacial score (nSPS) is 17.6. The van der Waals surface area contributed by atoms with Gasteiger partial charge in [-0.15, -0.1) is 11.3 Å². The second kappa shape index (κ2) is 12.4. The minimum Gasteiger partial charge on any atom is -0.465 e. The topological polar surface area (TPSA) is 66.8 Å². The van der Waals surface area contributed by atoms with Crippen molar-refractivity contribution in [1.29, 1.82) is 0 Å². The molecule has 6 heteroatoms. The average molecular weight is 466 g/mol. The molecule has 1 fully saturated rings. The predicted octanol–water partition coefficient (Wildman–Crippen LogP) is 4.45. The summed E-state index contributed by atoms with van der Waals surface area (Å²) in [7, 11) is 1.38. The van der Waals surface area contributed by atoms with E-state index in [2.05, 4.69) is 11.8 Å². The molecule has 0 saturated carbocycles. The number of carbonyl (C=O) groups is 2. The highest BCUT2D eigenvalue weighted by Crippen LogP contribution is 2.23. The number of amides is 1. The second-order valence-electron chi connectivity index (χ2n) is 8.28. The van der Waals surface area contributed by atoms with Gasteiger partial charge in [-0.3, -0.25) is 4.79 Å². The fraction of sp³-hybridized carbons (Fsp3) is 0.407. The zero-order valence-electron chi connectivity index (χ0n) is 19.2. The Morgan fingerprint density at radius 3 is 2.85 bits per heavy atom. The average Bonchev–Trinajstić information content (AvgIpc) is 3.44. The highest BCUT2D eigenvalue weighted by atomic mass is 32.1. The molecule has 1 amide bonds. The molecule has 1 aliphatic heterocycles. The Labute approximate surface area is 200 Å². The predicted molar refractivity (Wildman–Crippen MR) is 131 cm³/mol. The van der Waals surface area contributed by atoms with Crippen LogP contribution in [0.4, 0.5) is 0 Å². The summed E-state index contributed by atoms with van der Waals surface area (Å²) >= 11 is 1.44. The number of aliphatic hydroxyl groups excluding tert-OH is 1. The smallest absolute Gasteiger partial charge is 0.348 e. The minimum absolute atomic E-state index is 0.00542. The first-order valence-corrected chi connectivity index (χ1v) is 12.2. The third kappa shape index (κ3) is 7.31. The number of rotatable bonds is 9. The van der Waals surface area contributed by atoms with E-state index in [4.69, 9.17) is 4.74 Å². The van der Waals surface area contributed by atoms with Crippen molar-refractivity contribution in [2.24, 2.45) is 5.92 Å². The number of hydrogen-bond donors (Lipinski definition) is 1. The molecule has 2 aromatic rings. The summed E-state index contributed by atoms with van der Waals surface area (Å²) in [5.74, 6) is 6.12. The zero-order chi connectivity index (χ0) is 23.6. The lowest BCUT2D eigenvalue weighted by Crippen LogP contribution is -2.33. The maximum Gasteiger partial charge on any atom is 0.348 e. The number of nitrogens with zero attached hydrogens (tertiary/aromatic N) is 1. The lowest BCUT2D eigenvalue weighted by atomic mass is 9.99. The largest absolute Gasteiger partial charge is 0.465 e. The monoisotopic (exact) mass is 465 g/mol. The van der Waals surface area contributed by atoms with Crippen LogP contribution in [0.2, 0.25) is 0 Å². The number of ether oxygens (including phenoxy) is 1. The molecule has 1 aromatic carbocycles. The molecule has 3 atom stereocenters. The molecule has 2 heterocycles. The quantitative estimate of drug-likeness (QED) is 0.337. The number of aryl methyl sites for hydroxylation is 1. The maximum absolute atomic E-state index is 12.4. The Hall–Kier alpha value is -2.88. The van der Waals surface area contributed by atoms with Crippen molar-refractivity contribution < 1.29 is 19.4 Å². The Balaban J connectivity index is 1.47. The van der Waals surface area contributed by atoms with Gasteiger partial charge in [0.1, 0.15) is 4.88 Å². The van der Waals surface area contributed by atoms with Gasteiger partial charge >= 0.3 is 5.97 Å². The van der Waals surface area contributed by atoms with Crippen LogP contribution in [0.25, 0.3) is 0 Å². The van der Waals surface area contributed by atoms with Gasteiger partial charge in [0.05, 0.1) is 19.3 Å². The molecule has 33 heavy (non-hydrogen) atoms. The number of thiophene rings is 1. The SMILES string of the molecule is COC(=O)c1ccc(CCCN2C(=O)CC[C@@H]2/C=C/[C@@H](O)[C@@H](C)CC#Cc2ccccc2)s1. The molecule has 1 aromatic heterocycles. The Morgan fingerprint density at radius 2 is 2.09 bits per heavy atom. The standard InChI is InChI=1S/C27H31NO4S/c1-20(8-6-11-21-9-4-3-5-10-21)24(29)16-13-22-14-18-26(30)28(22)19-7-12-23-15-17-25(33-23)27(31)32-2/h3-5,9-10,13,15-17,20,22,24,29H,7-8,12,14,18-19H2,1-2H3/b16-13+/t20-,22-,24+/m0/s1. The minimum atomic E-state index is -0.601. The molecule has 0 aliphatic carbocycles. The van der Waals surface area contributed by atoms with Crippen LogP contribution in [0.15, 0.2) is 54.6 Å². The highest BCUT2D eigenvalue weighted by Gasteiger charge is 2.28. The van der Waals surface area contributed by atoms with Crippen molar-refractivity contribution in [2.45, 2.75) is 51.2 Å². The number of carbonyl (C=O) groups excluding carboxylic acids is 2. The van der Waals surface area contributed by atoms with E-state index in [0.717, 1.165) is 29.7 Å². The van der Waals surface area contributed by atoms with Crippen molar-refractivity contribution in [3.63, 3.8) is 0 Å². The van der Waals surface area contributed by atoms with Crippen molar-refractivity contribution >= 4 is 23.2 Å². The van der Waals surface area contributed by atoms with Crippen molar-refractivity contribution in [1.82, 2.24) is 4.90 Å². The fourth-order valence-electron chi connectivity index (χ4n) is 3.78. The van der Waals surface area contributed by atoms with E-state index in [1.54, 1.807) is 6.07 Å². The Kier molecular flexibility index (Phi) is 9.29. The van der Waals surface area contributed by atoms with Gasteiger partial charge in [0.2, 0.25) is 5.91 Å². The third-order valence-corrected chi connectivity index (χ3v) is 6.91. The molecule has 1 N–H and O–H groups in total. The second-order valence-corrected chi connectivity index (χ2v) is 9.45. The molecule has 0 spiro atoms. The van der Waals surface area contributed by atoms with Gasteiger partial charge in [0, 0.05) is 29.8 Å². The number of esters is 1. The molecule has 0 bridgehead atoms. The first-order chi connectivity index (χ1) is 16.0. The lowest BCUT2D eigenvalue weighted by molar-refractivity contribution is -0.128. The molecule has 0 radical (unpaired) electrons. The summed E-state index contributed by atoms with van der Waals surface area (Å²) < 4.78 is 4.75. The van der Waals surface area contributed by atoms with Crippen LogP contribution in [0.1, 0.15) is 52.7 Å². The summed E-state index contributed by atoms with van der Waals surface area (Å²) in [6, 6.07) is 13.6. The van der Waals surface area contributed by atoms with Crippen molar-refractivity contribution in [2.75, 3.05) is 13.7 Å².